The molecule has 4 nitrogen and oxygen atoms in total. The Morgan fingerprint density at radius 1 is 0.325 bits per heavy atom. The largest absolute Gasteiger partial charge is 0.193 e. The van der Waals surface area contributed by atoms with Crippen LogP contribution in [0.2, 0.25) is 0 Å². The maximum Gasteiger partial charge on any atom is 0.0992 e. The second-order valence-electron chi connectivity index (χ2n) is 3.37. The summed E-state index contributed by atoms with van der Waals surface area (Å²) < 4.78 is 0.667. The highest BCUT2D eigenvalue weighted by atomic mass is 35.5. The number of nitriles is 4. The number of allylic oxidation sites excluding steroid dienone is 4. The summed E-state index contributed by atoms with van der Waals surface area (Å²) in [6, 6.07) is 6.78. The number of rotatable bonds is 0. The molecule has 0 fully saturated rings. The number of nitrogens with zero attached hydrogens (tertiary/aromatic N) is 4. The third-order valence-electron chi connectivity index (χ3n) is 0.365. The van der Waals surface area contributed by atoms with Crippen LogP contribution < -0.4 is 0 Å². The Morgan fingerprint density at radius 3 is 0.350 bits per heavy atom. The fourth-order valence-corrected chi connectivity index (χ4v) is 0. The van der Waals surface area contributed by atoms with Crippen LogP contribution in [0.25, 0.3) is 0 Å². The molecule has 0 spiro atoms. The van der Waals surface area contributed by atoms with Crippen molar-refractivity contribution in [2.24, 2.45) is 0 Å². The highest BCUT2D eigenvalue weighted by molar-refractivity contribution is 6.57. The normalized spacial score (nSPS) is 5.40. The lowest BCUT2D eigenvalue weighted by atomic mass is 10.8. The van der Waals surface area contributed by atoms with E-state index >= 15 is 0 Å². The van der Waals surface area contributed by atoms with Crippen LogP contribution in [0, 0.1) is 45.3 Å². The molecule has 0 N–H and O–H groups in total. The number of halogens is 12. The first-order chi connectivity index (χ1) is 18.0. The molecule has 0 radical (unpaired) electrons. The van der Waals surface area contributed by atoms with Gasteiger partial charge in [0.15, 0.2) is 0 Å². The summed E-state index contributed by atoms with van der Waals surface area (Å²) in [5.74, 6) is 0. The van der Waals surface area contributed by atoms with E-state index in [1.54, 1.807) is 24.3 Å². The second kappa shape index (κ2) is 83.2. The minimum absolute atomic E-state index is 0.111. The predicted molar refractivity (Wildman–Crippen MR) is 188 cm³/mol. The first-order valence-electron chi connectivity index (χ1n) is 8.07. The van der Waals surface area contributed by atoms with Crippen LogP contribution in [0.5, 0.6) is 0 Å². The van der Waals surface area contributed by atoms with Crippen LogP contribution in [0.1, 0.15) is 0 Å². The standard InChI is InChI=1S/4C3H3N.6C2H2Cl2/c4*1-2-3-4;6*1-2(3)4/h4*2H,1H2;6*1H2. The van der Waals surface area contributed by atoms with Crippen LogP contribution in [0.4, 0.5) is 0 Å². The molecule has 0 aromatic carbocycles. The Morgan fingerprint density at radius 2 is 0.350 bits per heavy atom. The summed E-state index contributed by atoms with van der Waals surface area (Å²) in [5.41, 5.74) is 0. The molecule has 224 valence electrons. The van der Waals surface area contributed by atoms with Gasteiger partial charge in [-0.1, -0.05) is 205 Å². The summed E-state index contributed by atoms with van der Waals surface area (Å²) in [4.78, 5) is 0. The zero-order valence-electron chi connectivity index (χ0n) is 20.7. The molecule has 0 aromatic heterocycles. The summed E-state index contributed by atoms with van der Waals surface area (Å²) in [6.07, 6.45) is 4.72. The predicted octanol–water partition coefficient (Wildman–Crippen LogP) is 14.4. The molecular weight excluding hydrogens is 770 g/mol. The summed E-state index contributed by atoms with van der Waals surface area (Å²) in [5, 5.41) is 30.0. The van der Waals surface area contributed by atoms with Gasteiger partial charge in [-0.05, 0) is 0 Å². The van der Waals surface area contributed by atoms with E-state index in [0.717, 1.165) is 0 Å². The lowest BCUT2D eigenvalue weighted by Gasteiger charge is -1.57. The Balaban J connectivity index is -0.0000000312. The van der Waals surface area contributed by atoms with E-state index in [4.69, 9.17) is 160 Å². The van der Waals surface area contributed by atoms with Crippen molar-refractivity contribution in [1.29, 1.82) is 21.0 Å². The molecule has 0 unspecified atom stereocenters. The van der Waals surface area contributed by atoms with Gasteiger partial charge in [0, 0.05) is 24.3 Å². The van der Waals surface area contributed by atoms with Crippen LogP contribution >= 0.6 is 139 Å². The Hall–Kier alpha value is -1.16. The third-order valence-corrected chi connectivity index (χ3v) is 0.365. The van der Waals surface area contributed by atoms with E-state index in [1.165, 1.54) is 24.3 Å². The molecule has 0 aliphatic carbocycles. The van der Waals surface area contributed by atoms with Gasteiger partial charge in [0.25, 0.3) is 0 Å². The van der Waals surface area contributed by atoms with Crippen molar-refractivity contribution in [3.05, 3.63) is 117 Å². The van der Waals surface area contributed by atoms with Crippen LogP contribution in [-0.2, 0) is 0 Å². The Kier molecular flexibility index (Phi) is 139. The highest BCUT2D eigenvalue weighted by Gasteiger charge is 1.62. The maximum absolute atomic E-state index is 7.51. The molecule has 0 heterocycles. The van der Waals surface area contributed by atoms with E-state index in [9.17, 15) is 0 Å². The third kappa shape index (κ3) is 5870. The summed E-state index contributed by atoms with van der Waals surface area (Å²) >= 11 is 58.1. The Bertz CT molecular complexity index is 681. The van der Waals surface area contributed by atoms with Crippen LogP contribution in [-0.4, -0.2) is 0 Å². The van der Waals surface area contributed by atoms with Crippen LogP contribution in [0.15, 0.2) is 117 Å². The molecule has 0 atom stereocenters. The van der Waals surface area contributed by atoms with E-state index in [1.807, 2.05) is 0 Å². The zero-order chi connectivity index (χ0) is 35.1. The topological polar surface area (TPSA) is 95.2 Å². The summed E-state index contributed by atoms with van der Waals surface area (Å²) in [6.45, 7) is 31.0. The highest BCUT2D eigenvalue weighted by Crippen LogP contribution is 2.00. The molecule has 0 aromatic rings. The SMILES string of the molecule is C=C(Cl)Cl.C=C(Cl)Cl.C=C(Cl)Cl.C=C(Cl)Cl.C=C(Cl)Cl.C=C(Cl)Cl.C=CC#N.C=CC#N.C=CC#N.C=CC#N. The molecule has 0 rings (SSSR count). The van der Waals surface area contributed by atoms with E-state index in [-0.39, 0.29) is 26.9 Å². The van der Waals surface area contributed by atoms with Gasteiger partial charge in [-0.15, -0.1) is 0 Å². The minimum Gasteiger partial charge on any atom is -0.193 e. The van der Waals surface area contributed by atoms with Gasteiger partial charge in [0.05, 0.1) is 51.2 Å². The van der Waals surface area contributed by atoms with E-state index in [2.05, 4.69) is 65.8 Å². The summed E-state index contributed by atoms with van der Waals surface area (Å²) in [7, 11) is 0. The molecular formula is C24H24Cl12N4. The number of hydrogen-bond donors (Lipinski definition) is 0. The average molecular weight is 794 g/mol. The first-order valence-corrected chi connectivity index (χ1v) is 12.6. The smallest absolute Gasteiger partial charge is 0.0992 e. The van der Waals surface area contributed by atoms with E-state index < -0.39 is 0 Å². The quantitative estimate of drug-likeness (QED) is 0.228. The molecule has 0 aliphatic rings. The maximum atomic E-state index is 7.51. The zero-order valence-corrected chi connectivity index (χ0v) is 29.8. The van der Waals surface area contributed by atoms with Gasteiger partial charge in [-0.3, -0.25) is 0 Å². The molecule has 0 amide bonds. The second-order valence-corrected chi connectivity index (χ2v) is 10.0. The first kappa shape index (κ1) is 66.9. The lowest BCUT2D eigenvalue weighted by Crippen LogP contribution is -1.24. The molecule has 0 saturated heterocycles. The van der Waals surface area contributed by atoms with Gasteiger partial charge in [0.1, 0.15) is 0 Å². The van der Waals surface area contributed by atoms with Crippen molar-refractivity contribution in [3.8, 4) is 24.3 Å². The fourth-order valence-electron chi connectivity index (χ4n) is 0. The monoisotopic (exact) mass is 788 g/mol. The van der Waals surface area contributed by atoms with Gasteiger partial charge in [0.2, 0.25) is 0 Å². The molecule has 40 heavy (non-hydrogen) atoms. The van der Waals surface area contributed by atoms with Gasteiger partial charge < -0.3 is 0 Å². The number of hydrogen-bond acceptors (Lipinski definition) is 4. The van der Waals surface area contributed by atoms with Gasteiger partial charge in [-0.25, -0.2) is 0 Å². The van der Waals surface area contributed by atoms with E-state index in [0.29, 0.717) is 0 Å². The van der Waals surface area contributed by atoms with Crippen molar-refractivity contribution in [3.63, 3.8) is 0 Å². The molecule has 0 bridgehead atoms. The lowest BCUT2D eigenvalue weighted by molar-refractivity contribution is 1.54. The van der Waals surface area contributed by atoms with Crippen molar-refractivity contribution >= 4 is 139 Å². The van der Waals surface area contributed by atoms with Crippen molar-refractivity contribution in [1.82, 2.24) is 0 Å². The molecule has 0 aliphatic heterocycles. The average Bonchev–Trinajstić information content (AvgIpc) is 2.77. The van der Waals surface area contributed by atoms with Crippen molar-refractivity contribution in [2.45, 2.75) is 0 Å². The van der Waals surface area contributed by atoms with Crippen molar-refractivity contribution in [2.75, 3.05) is 0 Å². The van der Waals surface area contributed by atoms with Gasteiger partial charge >= 0.3 is 0 Å². The fraction of sp³-hybridized carbons (Fsp3) is 0. The van der Waals surface area contributed by atoms with Gasteiger partial charge in [-0.2, -0.15) is 21.0 Å². The van der Waals surface area contributed by atoms with Crippen molar-refractivity contribution < 1.29 is 0 Å². The Labute approximate surface area is 298 Å². The van der Waals surface area contributed by atoms with Crippen LogP contribution in [0.3, 0.4) is 0 Å². The molecule has 16 heteroatoms. The minimum atomic E-state index is 0.111. The molecule has 0 saturated carbocycles.